The molecule has 1 fully saturated rings. The van der Waals surface area contributed by atoms with Gasteiger partial charge in [-0.2, -0.15) is 0 Å². The number of hydrogen-bond acceptors (Lipinski definition) is 4. The summed E-state index contributed by atoms with van der Waals surface area (Å²) >= 11 is 0. The van der Waals surface area contributed by atoms with Gasteiger partial charge in [-0.05, 0) is 37.1 Å². The third kappa shape index (κ3) is 3.12. The number of hydrogen-bond donors (Lipinski definition) is 2. The molecule has 8 heteroatoms. The Morgan fingerprint density at radius 1 is 1.24 bits per heavy atom. The standard InChI is InChI=1S/C21H20N6O2/c28-20(16-7-9-23-19-15(16)6-8-22-19)24-12-14-4-3-11-27(14)21(29)17-13-26-10-2-1-5-18(26)25-17/h1-2,5-10,13-14H,3-4,11-12H2,(H,22,23)(H,24,28)/t14-/m1/s1. The molecule has 0 saturated carbocycles. The summed E-state index contributed by atoms with van der Waals surface area (Å²) in [4.78, 5) is 39.2. The van der Waals surface area contributed by atoms with Crippen LogP contribution in [0.25, 0.3) is 16.7 Å². The van der Waals surface area contributed by atoms with Gasteiger partial charge in [-0.25, -0.2) is 9.97 Å². The molecule has 0 spiro atoms. The molecule has 1 saturated heterocycles. The summed E-state index contributed by atoms with van der Waals surface area (Å²) in [6.45, 7) is 1.08. The molecule has 29 heavy (non-hydrogen) atoms. The maximum atomic E-state index is 13.0. The van der Waals surface area contributed by atoms with Crippen molar-refractivity contribution >= 4 is 28.5 Å². The molecule has 0 aliphatic carbocycles. The second-order valence-corrected chi connectivity index (χ2v) is 7.20. The molecule has 8 nitrogen and oxygen atoms in total. The van der Waals surface area contributed by atoms with Crippen LogP contribution in [0.4, 0.5) is 0 Å². The van der Waals surface area contributed by atoms with Gasteiger partial charge in [0.15, 0.2) is 0 Å². The second-order valence-electron chi connectivity index (χ2n) is 7.20. The predicted molar refractivity (Wildman–Crippen MR) is 108 cm³/mol. The summed E-state index contributed by atoms with van der Waals surface area (Å²) in [5, 5.41) is 3.77. The van der Waals surface area contributed by atoms with Crippen molar-refractivity contribution in [3.63, 3.8) is 0 Å². The Bertz CT molecular complexity index is 1180. The molecule has 0 radical (unpaired) electrons. The van der Waals surface area contributed by atoms with Crippen molar-refractivity contribution in [1.29, 1.82) is 0 Å². The molecule has 1 atom stereocenters. The number of likely N-dealkylation sites (tertiary alicyclic amines) is 1. The zero-order valence-corrected chi connectivity index (χ0v) is 15.7. The van der Waals surface area contributed by atoms with Gasteiger partial charge in [0.2, 0.25) is 0 Å². The highest BCUT2D eigenvalue weighted by molar-refractivity contribution is 6.05. The summed E-state index contributed by atoms with van der Waals surface area (Å²) in [5.74, 6) is -0.258. The van der Waals surface area contributed by atoms with Crippen LogP contribution in [-0.4, -0.2) is 55.2 Å². The lowest BCUT2D eigenvalue weighted by molar-refractivity contribution is 0.0720. The fourth-order valence-corrected chi connectivity index (χ4v) is 3.96. The van der Waals surface area contributed by atoms with E-state index >= 15 is 0 Å². The van der Waals surface area contributed by atoms with Gasteiger partial charge < -0.3 is 19.6 Å². The number of imidazole rings is 1. The maximum absolute atomic E-state index is 13.0. The highest BCUT2D eigenvalue weighted by atomic mass is 16.2. The van der Waals surface area contributed by atoms with Crippen LogP contribution in [0, 0.1) is 0 Å². The summed E-state index contributed by atoms with van der Waals surface area (Å²) < 4.78 is 1.84. The first kappa shape index (κ1) is 17.4. The molecule has 0 aromatic carbocycles. The van der Waals surface area contributed by atoms with Crippen LogP contribution in [0.5, 0.6) is 0 Å². The third-order valence-corrected chi connectivity index (χ3v) is 5.42. The van der Waals surface area contributed by atoms with E-state index in [9.17, 15) is 9.59 Å². The van der Waals surface area contributed by atoms with Crippen LogP contribution in [0.3, 0.4) is 0 Å². The third-order valence-electron chi connectivity index (χ3n) is 5.42. The zero-order valence-electron chi connectivity index (χ0n) is 15.7. The smallest absolute Gasteiger partial charge is 0.274 e. The Hall–Kier alpha value is -3.68. The van der Waals surface area contributed by atoms with E-state index in [4.69, 9.17) is 0 Å². The lowest BCUT2D eigenvalue weighted by Gasteiger charge is -2.24. The van der Waals surface area contributed by atoms with E-state index in [2.05, 4.69) is 20.3 Å². The predicted octanol–water partition coefficient (Wildman–Crippen LogP) is 2.25. The molecule has 2 N–H and O–H groups in total. The van der Waals surface area contributed by atoms with E-state index in [1.807, 2.05) is 39.8 Å². The largest absolute Gasteiger partial charge is 0.350 e. The van der Waals surface area contributed by atoms with Gasteiger partial charge in [-0.1, -0.05) is 6.07 Å². The van der Waals surface area contributed by atoms with Crippen molar-refractivity contribution in [2.24, 2.45) is 0 Å². The number of aromatic nitrogens is 4. The van der Waals surface area contributed by atoms with Crippen LogP contribution < -0.4 is 5.32 Å². The van der Waals surface area contributed by atoms with Gasteiger partial charge in [-0.3, -0.25) is 9.59 Å². The molecule has 5 heterocycles. The minimum absolute atomic E-state index is 0.0418. The highest BCUT2D eigenvalue weighted by Gasteiger charge is 2.31. The Labute approximate surface area is 166 Å². The summed E-state index contributed by atoms with van der Waals surface area (Å²) in [6, 6.07) is 9.17. The van der Waals surface area contributed by atoms with Gasteiger partial charge >= 0.3 is 0 Å². The van der Waals surface area contributed by atoms with Crippen LogP contribution in [0.1, 0.15) is 33.7 Å². The summed E-state index contributed by atoms with van der Waals surface area (Å²) in [6.07, 6.45) is 8.78. The topological polar surface area (TPSA) is 95.4 Å². The number of nitrogens with one attached hydrogen (secondary N) is 2. The number of amides is 2. The lowest BCUT2D eigenvalue weighted by Crippen LogP contribution is -2.43. The molecule has 5 rings (SSSR count). The van der Waals surface area contributed by atoms with Crippen molar-refractivity contribution in [2.75, 3.05) is 13.1 Å². The van der Waals surface area contributed by atoms with Crippen molar-refractivity contribution in [2.45, 2.75) is 18.9 Å². The van der Waals surface area contributed by atoms with Crippen molar-refractivity contribution in [3.05, 3.63) is 66.4 Å². The molecule has 4 aromatic heterocycles. The lowest BCUT2D eigenvalue weighted by atomic mass is 10.1. The number of fused-ring (bicyclic) bond motifs is 2. The minimum Gasteiger partial charge on any atom is -0.350 e. The summed E-state index contributed by atoms with van der Waals surface area (Å²) in [7, 11) is 0. The molecular formula is C21H20N6O2. The zero-order chi connectivity index (χ0) is 19.8. The number of pyridine rings is 2. The van der Waals surface area contributed by atoms with Gasteiger partial charge in [0.05, 0.1) is 5.56 Å². The number of H-pyrrole nitrogens is 1. The number of aromatic amines is 1. The first-order valence-corrected chi connectivity index (χ1v) is 9.66. The van der Waals surface area contributed by atoms with Crippen LogP contribution >= 0.6 is 0 Å². The van der Waals surface area contributed by atoms with Gasteiger partial charge in [0.25, 0.3) is 11.8 Å². The first-order valence-electron chi connectivity index (χ1n) is 9.66. The fourth-order valence-electron chi connectivity index (χ4n) is 3.96. The van der Waals surface area contributed by atoms with E-state index in [1.165, 1.54) is 0 Å². The number of carbonyl (C=O) groups is 2. The first-order chi connectivity index (χ1) is 14.2. The van der Waals surface area contributed by atoms with Crippen molar-refractivity contribution in [1.82, 2.24) is 29.6 Å². The highest BCUT2D eigenvalue weighted by Crippen LogP contribution is 2.20. The molecule has 4 aromatic rings. The monoisotopic (exact) mass is 388 g/mol. The number of nitrogens with zero attached hydrogens (tertiary/aromatic N) is 4. The van der Waals surface area contributed by atoms with Crippen LogP contribution in [0.2, 0.25) is 0 Å². The Kier molecular flexibility index (Phi) is 4.23. The van der Waals surface area contributed by atoms with E-state index in [1.54, 1.807) is 24.7 Å². The maximum Gasteiger partial charge on any atom is 0.274 e. The molecule has 0 unspecified atom stereocenters. The summed E-state index contributed by atoms with van der Waals surface area (Å²) in [5.41, 5.74) is 2.43. The number of rotatable bonds is 4. The van der Waals surface area contributed by atoms with Gasteiger partial charge in [0.1, 0.15) is 17.0 Å². The van der Waals surface area contributed by atoms with E-state index < -0.39 is 0 Å². The molecule has 1 aliphatic heterocycles. The quantitative estimate of drug-likeness (QED) is 0.560. The van der Waals surface area contributed by atoms with Crippen molar-refractivity contribution < 1.29 is 9.59 Å². The van der Waals surface area contributed by atoms with E-state index in [0.29, 0.717) is 30.0 Å². The number of carbonyl (C=O) groups excluding carboxylic acids is 2. The molecule has 2 amide bonds. The molecular weight excluding hydrogens is 368 g/mol. The Morgan fingerprint density at radius 2 is 2.17 bits per heavy atom. The second kappa shape index (κ2) is 7.05. The normalized spacial score (nSPS) is 16.6. The van der Waals surface area contributed by atoms with E-state index in [-0.39, 0.29) is 17.9 Å². The molecule has 1 aliphatic rings. The average molecular weight is 388 g/mol. The SMILES string of the molecule is O=C(NC[C@H]1CCCN1C(=O)c1cn2ccccc2n1)c1ccnc2[nH]ccc12. The average Bonchev–Trinajstić information content (AvgIpc) is 3.49. The minimum atomic E-state index is -0.163. The van der Waals surface area contributed by atoms with Crippen LogP contribution in [0.15, 0.2) is 55.1 Å². The molecule has 146 valence electrons. The van der Waals surface area contributed by atoms with E-state index in [0.717, 1.165) is 23.9 Å². The van der Waals surface area contributed by atoms with Crippen molar-refractivity contribution in [3.8, 4) is 0 Å². The molecule has 0 bridgehead atoms. The Balaban J connectivity index is 1.30. The fraction of sp³-hybridized carbons (Fsp3) is 0.238. The van der Waals surface area contributed by atoms with Gasteiger partial charge in [0, 0.05) is 49.3 Å². The van der Waals surface area contributed by atoms with Crippen LogP contribution in [-0.2, 0) is 0 Å². The van der Waals surface area contributed by atoms with Gasteiger partial charge in [-0.15, -0.1) is 0 Å². The Morgan fingerprint density at radius 3 is 3.07 bits per heavy atom.